The van der Waals surface area contributed by atoms with Gasteiger partial charge < -0.3 is 10.1 Å². The Morgan fingerprint density at radius 3 is 2.55 bits per heavy atom. The summed E-state index contributed by atoms with van der Waals surface area (Å²) in [5.74, 6) is 0.643. The van der Waals surface area contributed by atoms with Crippen LogP contribution in [0, 0.1) is 17.2 Å². The average molecular weight is 396 g/mol. The van der Waals surface area contributed by atoms with Gasteiger partial charge in [-0.05, 0) is 32.3 Å². The van der Waals surface area contributed by atoms with Gasteiger partial charge in [0.15, 0.2) is 5.82 Å². The Labute approximate surface area is 171 Å². The standard InChI is InChI=1S/C21H28N6O2/c1-15(2)14-27(26-20(28)29-21(3,4)5)19-17(13-24-18(11-22)25-19)23-12-16-9-7-6-8-10-16/h6-10,13,15,23H,12,14H2,1-5H3,(H,26,28). The Hall–Kier alpha value is -3.34. The number of nitriles is 1. The molecule has 1 amide bonds. The van der Waals surface area contributed by atoms with Crippen LogP contribution in [0.3, 0.4) is 0 Å². The first-order chi connectivity index (χ1) is 13.7. The van der Waals surface area contributed by atoms with Crippen molar-refractivity contribution in [3.05, 3.63) is 47.9 Å². The predicted octanol–water partition coefficient (Wildman–Crippen LogP) is 3.86. The molecule has 2 rings (SSSR count). The van der Waals surface area contributed by atoms with Crippen LogP contribution < -0.4 is 15.8 Å². The van der Waals surface area contributed by atoms with Gasteiger partial charge >= 0.3 is 6.09 Å². The number of carbonyl (C=O) groups is 1. The first-order valence-electron chi connectivity index (χ1n) is 9.50. The van der Waals surface area contributed by atoms with Gasteiger partial charge in [-0.2, -0.15) is 10.2 Å². The Bertz CT molecular complexity index is 856. The molecule has 0 aliphatic rings. The molecular formula is C21H28N6O2. The molecule has 1 aromatic carbocycles. The van der Waals surface area contributed by atoms with Crippen molar-refractivity contribution in [1.82, 2.24) is 15.4 Å². The molecule has 1 heterocycles. The zero-order chi connectivity index (χ0) is 21.4. The maximum Gasteiger partial charge on any atom is 0.426 e. The number of ether oxygens (including phenoxy) is 1. The number of anilines is 2. The molecule has 0 radical (unpaired) electrons. The summed E-state index contributed by atoms with van der Waals surface area (Å²) in [6.07, 6.45) is 0.956. The molecule has 0 atom stereocenters. The summed E-state index contributed by atoms with van der Waals surface area (Å²) in [6, 6.07) is 11.8. The maximum atomic E-state index is 12.4. The van der Waals surface area contributed by atoms with Crippen molar-refractivity contribution in [2.24, 2.45) is 5.92 Å². The van der Waals surface area contributed by atoms with Crippen LogP contribution in [0.25, 0.3) is 0 Å². The van der Waals surface area contributed by atoms with Gasteiger partial charge in [-0.1, -0.05) is 44.2 Å². The number of nitrogens with zero attached hydrogens (tertiary/aromatic N) is 4. The molecule has 0 saturated carbocycles. The van der Waals surface area contributed by atoms with Crippen molar-refractivity contribution in [3.8, 4) is 6.07 Å². The van der Waals surface area contributed by atoms with Gasteiger partial charge in [-0.3, -0.25) is 5.01 Å². The molecule has 0 spiro atoms. The van der Waals surface area contributed by atoms with Crippen LogP contribution in [-0.2, 0) is 11.3 Å². The first-order valence-corrected chi connectivity index (χ1v) is 9.50. The summed E-state index contributed by atoms with van der Waals surface area (Å²) in [7, 11) is 0. The molecular weight excluding hydrogens is 368 g/mol. The largest absolute Gasteiger partial charge is 0.443 e. The number of carbonyl (C=O) groups excluding carboxylic acids is 1. The van der Waals surface area contributed by atoms with E-state index in [1.807, 2.05) is 50.2 Å². The van der Waals surface area contributed by atoms with Gasteiger partial charge in [0.2, 0.25) is 5.82 Å². The van der Waals surface area contributed by atoms with E-state index in [0.29, 0.717) is 24.6 Å². The SMILES string of the molecule is CC(C)CN(NC(=O)OC(C)(C)C)c1nc(C#N)ncc1NCc1ccccc1. The highest BCUT2D eigenvalue weighted by molar-refractivity contribution is 5.73. The molecule has 8 nitrogen and oxygen atoms in total. The van der Waals surface area contributed by atoms with Crippen LogP contribution in [0.4, 0.5) is 16.3 Å². The van der Waals surface area contributed by atoms with E-state index in [1.54, 1.807) is 32.0 Å². The molecule has 0 aliphatic heterocycles. The van der Waals surface area contributed by atoms with E-state index in [1.165, 1.54) is 0 Å². The van der Waals surface area contributed by atoms with Crippen molar-refractivity contribution < 1.29 is 9.53 Å². The van der Waals surface area contributed by atoms with E-state index in [-0.39, 0.29) is 11.7 Å². The second kappa shape index (κ2) is 9.73. The quantitative estimate of drug-likeness (QED) is 0.685. The van der Waals surface area contributed by atoms with Gasteiger partial charge in [0.1, 0.15) is 11.7 Å². The first kappa shape index (κ1) is 22.0. The molecule has 0 aliphatic carbocycles. The van der Waals surface area contributed by atoms with Gasteiger partial charge in [0.05, 0.1) is 11.9 Å². The summed E-state index contributed by atoms with van der Waals surface area (Å²) >= 11 is 0. The van der Waals surface area contributed by atoms with E-state index >= 15 is 0 Å². The topological polar surface area (TPSA) is 103 Å². The zero-order valence-corrected chi connectivity index (χ0v) is 17.6. The van der Waals surface area contributed by atoms with E-state index in [2.05, 4.69) is 20.7 Å². The van der Waals surface area contributed by atoms with Crippen molar-refractivity contribution in [2.45, 2.75) is 46.8 Å². The lowest BCUT2D eigenvalue weighted by Gasteiger charge is -2.29. The van der Waals surface area contributed by atoms with Crippen molar-refractivity contribution in [1.29, 1.82) is 5.26 Å². The van der Waals surface area contributed by atoms with E-state index in [4.69, 9.17) is 4.74 Å². The monoisotopic (exact) mass is 396 g/mol. The normalized spacial score (nSPS) is 10.9. The molecule has 1 aromatic heterocycles. The van der Waals surface area contributed by atoms with Crippen LogP contribution in [0.15, 0.2) is 36.5 Å². The van der Waals surface area contributed by atoms with Gasteiger partial charge in [-0.25, -0.2) is 15.2 Å². The molecule has 0 fully saturated rings. The average Bonchev–Trinajstić information content (AvgIpc) is 2.64. The van der Waals surface area contributed by atoms with Crippen LogP contribution >= 0.6 is 0 Å². The van der Waals surface area contributed by atoms with Crippen molar-refractivity contribution >= 4 is 17.6 Å². The molecule has 154 valence electrons. The lowest BCUT2D eigenvalue weighted by molar-refractivity contribution is 0.0519. The minimum Gasteiger partial charge on any atom is -0.443 e. The number of hydrogen-bond acceptors (Lipinski definition) is 7. The summed E-state index contributed by atoms with van der Waals surface area (Å²) in [5.41, 5.74) is 3.79. The third kappa shape index (κ3) is 7.30. The molecule has 0 unspecified atom stereocenters. The predicted molar refractivity (Wildman–Crippen MR) is 112 cm³/mol. The molecule has 2 aromatic rings. The highest BCUT2D eigenvalue weighted by Gasteiger charge is 2.22. The number of benzene rings is 1. The van der Waals surface area contributed by atoms with E-state index < -0.39 is 11.7 Å². The fourth-order valence-electron chi connectivity index (χ4n) is 2.51. The Kier molecular flexibility index (Phi) is 7.37. The molecule has 8 heteroatoms. The van der Waals surface area contributed by atoms with Crippen LogP contribution in [0.2, 0.25) is 0 Å². The minimum absolute atomic E-state index is 0.0185. The minimum atomic E-state index is -0.633. The second-order valence-corrected chi connectivity index (χ2v) is 8.00. The summed E-state index contributed by atoms with van der Waals surface area (Å²) in [6.45, 7) is 10.5. The van der Waals surface area contributed by atoms with E-state index in [0.717, 1.165) is 5.56 Å². The second-order valence-electron chi connectivity index (χ2n) is 8.00. The fraction of sp³-hybridized carbons (Fsp3) is 0.429. The highest BCUT2D eigenvalue weighted by Crippen LogP contribution is 2.23. The number of hydrazine groups is 1. The van der Waals surface area contributed by atoms with Gasteiger partial charge in [0, 0.05) is 13.1 Å². The Morgan fingerprint density at radius 1 is 1.28 bits per heavy atom. The lowest BCUT2D eigenvalue weighted by Crippen LogP contribution is -2.47. The van der Waals surface area contributed by atoms with Crippen LogP contribution in [-0.4, -0.2) is 28.2 Å². The van der Waals surface area contributed by atoms with Crippen molar-refractivity contribution in [3.63, 3.8) is 0 Å². The number of aromatic nitrogens is 2. The Morgan fingerprint density at radius 2 is 1.97 bits per heavy atom. The van der Waals surface area contributed by atoms with Crippen molar-refractivity contribution in [2.75, 3.05) is 16.9 Å². The smallest absolute Gasteiger partial charge is 0.426 e. The zero-order valence-electron chi connectivity index (χ0n) is 17.6. The Balaban J connectivity index is 2.31. The lowest BCUT2D eigenvalue weighted by atomic mass is 10.2. The number of amides is 1. The van der Waals surface area contributed by atoms with Gasteiger partial charge in [-0.15, -0.1) is 0 Å². The summed E-state index contributed by atoms with van der Waals surface area (Å²) in [5, 5.41) is 14.1. The van der Waals surface area contributed by atoms with Gasteiger partial charge in [0.25, 0.3) is 0 Å². The molecule has 0 saturated heterocycles. The molecule has 29 heavy (non-hydrogen) atoms. The van der Waals surface area contributed by atoms with Crippen LogP contribution in [0.5, 0.6) is 0 Å². The molecule has 0 bridgehead atoms. The fourth-order valence-corrected chi connectivity index (χ4v) is 2.51. The number of nitrogens with one attached hydrogen (secondary N) is 2. The number of hydrogen-bond donors (Lipinski definition) is 2. The highest BCUT2D eigenvalue weighted by atomic mass is 16.6. The third-order valence-electron chi connectivity index (χ3n) is 3.62. The summed E-state index contributed by atoms with van der Waals surface area (Å²) in [4.78, 5) is 20.8. The maximum absolute atomic E-state index is 12.4. The van der Waals surface area contributed by atoms with Crippen LogP contribution in [0.1, 0.15) is 46.0 Å². The molecule has 2 N–H and O–H groups in total. The summed E-state index contributed by atoms with van der Waals surface area (Å²) < 4.78 is 5.38. The van der Waals surface area contributed by atoms with E-state index in [9.17, 15) is 10.1 Å². The third-order valence-corrected chi connectivity index (χ3v) is 3.62. The number of rotatable bonds is 7.